The van der Waals surface area contributed by atoms with Crippen LogP contribution in [0, 0.1) is 6.92 Å². The van der Waals surface area contributed by atoms with Crippen LogP contribution in [-0.2, 0) is 4.74 Å². The van der Waals surface area contributed by atoms with Crippen LogP contribution in [0.1, 0.15) is 16.1 Å². The van der Waals surface area contributed by atoms with Crippen LogP contribution in [0.25, 0.3) is 10.9 Å². The number of carbonyl (C=O) groups excluding carboxylic acids is 1. The van der Waals surface area contributed by atoms with Gasteiger partial charge in [-0.2, -0.15) is 0 Å². The maximum absolute atomic E-state index is 12.4. The van der Waals surface area contributed by atoms with Gasteiger partial charge in [-0.1, -0.05) is 6.07 Å². The normalized spacial score (nSPS) is 21.6. The van der Waals surface area contributed by atoms with Crippen LogP contribution in [0.3, 0.4) is 0 Å². The van der Waals surface area contributed by atoms with E-state index in [1.54, 1.807) is 7.11 Å². The number of amides is 1. The van der Waals surface area contributed by atoms with Crippen LogP contribution < -0.4 is 10.6 Å². The zero-order chi connectivity index (χ0) is 14.8. The molecular formula is C16H19N3O2. The molecular weight excluding hydrogens is 266 g/mol. The lowest BCUT2D eigenvalue weighted by Crippen LogP contribution is -2.43. The number of pyridine rings is 1. The van der Waals surface area contributed by atoms with E-state index < -0.39 is 0 Å². The molecule has 2 aromatic rings. The molecule has 1 aromatic heterocycles. The molecule has 0 bridgehead atoms. The Labute approximate surface area is 123 Å². The number of aryl methyl sites for hydroxylation is 1. The van der Waals surface area contributed by atoms with Crippen molar-refractivity contribution in [2.45, 2.75) is 19.1 Å². The number of nitrogens with zero attached hydrogens (tertiary/aromatic N) is 1. The first-order chi connectivity index (χ1) is 10.2. The van der Waals surface area contributed by atoms with Crippen molar-refractivity contribution in [3.8, 4) is 0 Å². The first-order valence-electron chi connectivity index (χ1n) is 7.09. The van der Waals surface area contributed by atoms with Crippen molar-refractivity contribution in [1.29, 1.82) is 0 Å². The fourth-order valence-electron chi connectivity index (χ4n) is 2.67. The zero-order valence-electron chi connectivity index (χ0n) is 12.2. The first kappa shape index (κ1) is 14.0. The van der Waals surface area contributed by atoms with Gasteiger partial charge in [-0.15, -0.1) is 0 Å². The summed E-state index contributed by atoms with van der Waals surface area (Å²) < 4.78 is 5.36. The minimum atomic E-state index is -0.0757. The van der Waals surface area contributed by atoms with Crippen molar-refractivity contribution in [1.82, 2.24) is 15.6 Å². The summed E-state index contributed by atoms with van der Waals surface area (Å²) in [7, 11) is 1.67. The van der Waals surface area contributed by atoms with Gasteiger partial charge in [0.1, 0.15) is 0 Å². The molecule has 3 rings (SSSR count). The molecule has 2 N–H and O–H groups in total. The standard InChI is InChI=1S/C16H19N3O2/c1-10-3-4-11-7-12(5-6-13(11)18-10)16(20)19-14-8-17-9-15(14)21-2/h3-7,14-15,17H,8-9H2,1-2H3,(H,19,20)/t14-,15-/m0/s1. The molecule has 5 heteroatoms. The maximum Gasteiger partial charge on any atom is 0.251 e. The summed E-state index contributed by atoms with van der Waals surface area (Å²) >= 11 is 0. The molecule has 5 nitrogen and oxygen atoms in total. The predicted octanol–water partition coefficient (Wildman–Crippen LogP) is 1.26. The number of rotatable bonds is 3. The van der Waals surface area contributed by atoms with Crippen molar-refractivity contribution >= 4 is 16.8 Å². The molecule has 0 radical (unpaired) electrons. The van der Waals surface area contributed by atoms with E-state index in [1.807, 2.05) is 37.3 Å². The maximum atomic E-state index is 12.4. The summed E-state index contributed by atoms with van der Waals surface area (Å²) in [4.78, 5) is 16.8. The lowest BCUT2D eigenvalue weighted by Gasteiger charge is -2.18. The summed E-state index contributed by atoms with van der Waals surface area (Å²) in [6.07, 6.45) is 0.0266. The SMILES string of the molecule is CO[C@H]1CNC[C@@H]1NC(=O)c1ccc2nc(C)ccc2c1. The second-order valence-corrected chi connectivity index (χ2v) is 5.37. The summed E-state index contributed by atoms with van der Waals surface area (Å²) in [6.45, 7) is 3.46. The lowest BCUT2D eigenvalue weighted by molar-refractivity contribution is 0.0780. The number of methoxy groups -OCH3 is 1. The fourth-order valence-corrected chi connectivity index (χ4v) is 2.67. The molecule has 0 aliphatic carbocycles. The topological polar surface area (TPSA) is 63.2 Å². The molecule has 0 saturated carbocycles. The highest BCUT2D eigenvalue weighted by Crippen LogP contribution is 2.15. The van der Waals surface area contributed by atoms with E-state index >= 15 is 0 Å². The highest BCUT2D eigenvalue weighted by molar-refractivity contribution is 5.98. The van der Waals surface area contributed by atoms with Crippen molar-refractivity contribution in [3.05, 3.63) is 41.6 Å². The van der Waals surface area contributed by atoms with Gasteiger partial charge in [0, 0.05) is 36.8 Å². The van der Waals surface area contributed by atoms with E-state index in [1.165, 1.54) is 0 Å². The predicted molar refractivity (Wildman–Crippen MR) is 81.4 cm³/mol. The molecule has 1 amide bonds. The summed E-state index contributed by atoms with van der Waals surface area (Å²) in [5, 5.41) is 7.21. The third kappa shape index (κ3) is 2.89. The molecule has 1 aromatic carbocycles. The second kappa shape index (κ2) is 5.79. The molecule has 110 valence electrons. The number of aromatic nitrogens is 1. The lowest BCUT2D eigenvalue weighted by atomic mass is 10.1. The Bertz CT molecular complexity index is 672. The summed E-state index contributed by atoms with van der Waals surface area (Å²) in [5.41, 5.74) is 2.53. The molecule has 0 spiro atoms. The Hall–Kier alpha value is -1.98. The van der Waals surface area contributed by atoms with Gasteiger partial charge in [-0.25, -0.2) is 0 Å². The molecule has 21 heavy (non-hydrogen) atoms. The van der Waals surface area contributed by atoms with Crippen LogP contribution in [0.5, 0.6) is 0 Å². The Morgan fingerprint density at radius 2 is 2.19 bits per heavy atom. The van der Waals surface area contributed by atoms with Crippen LogP contribution in [0.4, 0.5) is 0 Å². The van der Waals surface area contributed by atoms with Crippen molar-refractivity contribution in [3.63, 3.8) is 0 Å². The van der Waals surface area contributed by atoms with E-state index in [2.05, 4.69) is 15.6 Å². The Morgan fingerprint density at radius 1 is 1.33 bits per heavy atom. The van der Waals surface area contributed by atoms with Crippen LogP contribution in [-0.4, -0.2) is 43.2 Å². The van der Waals surface area contributed by atoms with E-state index in [-0.39, 0.29) is 18.1 Å². The van der Waals surface area contributed by atoms with E-state index in [0.29, 0.717) is 5.56 Å². The summed E-state index contributed by atoms with van der Waals surface area (Å²) in [6, 6.07) is 9.53. The average molecular weight is 285 g/mol. The number of hydrogen-bond donors (Lipinski definition) is 2. The minimum absolute atomic E-state index is 0.00865. The van der Waals surface area contributed by atoms with Gasteiger partial charge in [-0.3, -0.25) is 9.78 Å². The van der Waals surface area contributed by atoms with Crippen LogP contribution in [0.2, 0.25) is 0 Å². The van der Waals surface area contributed by atoms with Gasteiger partial charge in [0.05, 0.1) is 17.7 Å². The van der Waals surface area contributed by atoms with Gasteiger partial charge in [0.2, 0.25) is 0 Å². The van der Waals surface area contributed by atoms with Gasteiger partial charge < -0.3 is 15.4 Å². The fraction of sp³-hybridized carbons (Fsp3) is 0.375. The Balaban J connectivity index is 1.79. The third-order valence-corrected chi connectivity index (χ3v) is 3.87. The monoisotopic (exact) mass is 285 g/mol. The Morgan fingerprint density at radius 3 is 3.00 bits per heavy atom. The van der Waals surface area contributed by atoms with E-state index in [0.717, 1.165) is 29.7 Å². The second-order valence-electron chi connectivity index (χ2n) is 5.37. The number of benzene rings is 1. The first-order valence-corrected chi connectivity index (χ1v) is 7.09. The van der Waals surface area contributed by atoms with Gasteiger partial charge >= 0.3 is 0 Å². The van der Waals surface area contributed by atoms with Gasteiger partial charge in [0.25, 0.3) is 5.91 Å². The molecule has 2 atom stereocenters. The highest BCUT2D eigenvalue weighted by atomic mass is 16.5. The van der Waals surface area contributed by atoms with Crippen molar-refractivity contribution in [2.24, 2.45) is 0 Å². The molecule has 0 unspecified atom stereocenters. The summed E-state index contributed by atoms with van der Waals surface area (Å²) in [5.74, 6) is -0.0757. The van der Waals surface area contributed by atoms with Crippen molar-refractivity contribution in [2.75, 3.05) is 20.2 Å². The van der Waals surface area contributed by atoms with Crippen LogP contribution in [0.15, 0.2) is 30.3 Å². The molecule has 1 fully saturated rings. The highest BCUT2D eigenvalue weighted by Gasteiger charge is 2.28. The van der Waals surface area contributed by atoms with E-state index in [4.69, 9.17) is 4.74 Å². The number of hydrogen-bond acceptors (Lipinski definition) is 4. The smallest absolute Gasteiger partial charge is 0.251 e. The Kier molecular flexibility index (Phi) is 3.86. The quantitative estimate of drug-likeness (QED) is 0.891. The van der Waals surface area contributed by atoms with Crippen LogP contribution >= 0.6 is 0 Å². The number of fused-ring (bicyclic) bond motifs is 1. The molecule has 1 aliphatic rings. The van der Waals surface area contributed by atoms with E-state index in [9.17, 15) is 4.79 Å². The number of ether oxygens (including phenoxy) is 1. The molecule has 1 aliphatic heterocycles. The number of carbonyl (C=O) groups is 1. The largest absolute Gasteiger partial charge is 0.378 e. The zero-order valence-corrected chi connectivity index (χ0v) is 12.2. The van der Waals surface area contributed by atoms with Gasteiger partial charge in [0.15, 0.2) is 0 Å². The minimum Gasteiger partial charge on any atom is -0.378 e. The third-order valence-electron chi connectivity index (χ3n) is 3.87. The van der Waals surface area contributed by atoms with Crippen molar-refractivity contribution < 1.29 is 9.53 Å². The molecule has 1 saturated heterocycles. The molecule has 2 heterocycles. The van der Waals surface area contributed by atoms with Gasteiger partial charge in [-0.05, 0) is 31.2 Å². The average Bonchev–Trinajstić information content (AvgIpc) is 2.93. The number of nitrogens with one attached hydrogen (secondary N) is 2.